The lowest BCUT2D eigenvalue weighted by molar-refractivity contribution is 0.0453. The predicted molar refractivity (Wildman–Crippen MR) is 116 cm³/mol. The molecule has 2 aromatic carbocycles. The van der Waals surface area contributed by atoms with Crippen LogP contribution in [-0.2, 0) is 29.2 Å². The molecule has 5 nitrogen and oxygen atoms in total. The molecule has 0 bridgehead atoms. The van der Waals surface area contributed by atoms with Crippen molar-refractivity contribution in [1.82, 2.24) is 10.6 Å². The van der Waals surface area contributed by atoms with Crippen LogP contribution in [0.15, 0.2) is 53.5 Å². The Labute approximate surface area is 173 Å². The van der Waals surface area contributed by atoms with Gasteiger partial charge >= 0.3 is 0 Å². The van der Waals surface area contributed by atoms with E-state index in [4.69, 9.17) is 21.1 Å². The van der Waals surface area contributed by atoms with E-state index in [1.54, 1.807) is 0 Å². The summed E-state index contributed by atoms with van der Waals surface area (Å²) < 4.78 is 10.9. The van der Waals surface area contributed by atoms with E-state index in [0.29, 0.717) is 32.9 Å². The topological polar surface area (TPSA) is 54.9 Å². The minimum absolute atomic E-state index is 0.579. The van der Waals surface area contributed by atoms with Gasteiger partial charge in [0, 0.05) is 24.7 Å². The molecule has 152 valence electrons. The number of guanidine groups is 1. The summed E-state index contributed by atoms with van der Waals surface area (Å²) in [6.45, 7) is 8.56. The zero-order valence-electron chi connectivity index (χ0n) is 16.7. The van der Waals surface area contributed by atoms with Crippen LogP contribution in [0.2, 0.25) is 5.02 Å². The van der Waals surface area contributed by atoms with E-state index >= 15 is 0 Å². The Kier molecular flexibility index (Phi) is 10.4. The first-order valence-corrected chi connectivity index (χ1v) is 10.1. The molecule has 0 spiro atoms. The molecule has 0 amide bonds. The highest BCUT2D eigenvalue weighted by molar-refractivity contribution is 6.31. The van der Waals surface area contributed by atoms with Gasteiger partial charge in [-0.15, -0.1) is 0 Å². The van der Waals surface area contributed by atoms with Crippen molar-refractivity contribution in [3.63, 3.8) is 0 Å². The second-order valence-electron chi connectivity index (χ2n) is 6.21. The number of nitrogens with zero attached hydrogens (tertiary/aromatic N) is 1. The zero-order chi connectivity index (χ0) is 20.0. The van der Waals surface area contributed by atoms with Crippen molar-refractivity contribution in [3.05, 3.63) is 70.2 Å². The van der Waals surface area contributed by atoms with Crippen molar-refractivity contribution in [1.29, 1.82) is 0 Å². The molecule has 0 fully saturated rings. The molecular formula is C22H30ClN3O2. The fourth-order valence-corrected chi connectivity index (χ4v) is 2.81. The number of halogens is 1. The van der Waals surface area contributed by atoms with Gasteiger partial charge < -0.3 is 20.1 Å². The minimum Gasteiger partial charge on any atom is -0.379 e. The van der Waals surface area contributed by atoms with Crippen LogP contribution in [0.5, 0.6) is 0 Å². The van der Waals surface area contributed by atoms with Crippen molar-refractivity contribution in [2.75, 3.05) is 26.4 Å². The van der Waals surface area contributed by atoms with E-state index in [-0.39, 0.29) is 0 Å². The quantitative estimate of drug-likeness (QED) is 0.336. The number of rotatable bonds is 11. The molecule has 0 saturated heterocycles. The summed E-state index contributed by atoms with van der Waals surface area (Å²) in [6, 6.07) is 16.1. The molecule has 0 saturated carbocycles. The van der Waals surface area contributed by atoms with Crippen LogP contribution in [0.4, 0.5) is 0 Å². The standard InChI is InChI=1S/C22H30ClN3O2/c1-3-24-22(26-16-20-10-5-6-11-21(20)23)25-15-18-8-7-9-19(14-18)17-28-13-12-27-4-2/h5-11,14H,3-4,12-13,15-17H2,1-2H3,(H2,24,25,26). The third-order valence-corrected chi connectivity index (χ3v) is 4.37. The Bertz CT molecular complexity index is 737. The van der Waals surface area contributed by atoms with Gasteiger partial charge in [0.25, 0.3) is 0 Å². The zero-order valence-corrected chi connectivity index (χ0v) is 17.5. The maximum Gasteiger partial charge on any atom is 0.191 e. The average Bonchev–Trinajstić information content (AvgIpc) is 2.71. The first-order chi connectivity index (χ1) is 13.7. The van der Waals surface area contributed by atoms with Gasteiger partial charge in [-0.2, -0.15) is 0 Å². The minimum atomic E-state index is 0.579. The lowest BCUT2D eigenvalue weighted by Gasteiger charge is -2.12. The number of hydrogen-bond acceptors (Lipinski definition) is 3. The van der Waals surface area contributed by atoms with Crippen molar-refractivity contribution >= 4 is 17.6 Å². The van der Waals surface area contributed by atoms with Crippen molar-refractivity contribution < 1.29 is 9.47 Å². The summed E-state index contributed by atoms with van der Waals surface area (Å²) in [5, 5.41) is 7.35. The second-order valence-corrected chi connectivity index (χ2v) is 6.62. The van der Waals surface area contributed by atoms with Gasteiger partial charge in [-0.3, -0.25) is 0 Å². The maximum atomic E-state index is 6.22. The normalized spacial score (nSPS) is 11.5. The molecule has 0 aliphatic heterocycles. The highest BCUT2D eigenvalue weighted by Gasteiger charge is 2.02. The number of hydrogen-bond donors (Lipinski definition) is 2. The Morgan fingerprint density at radius 2 is 1.75 bits per heavy atom. The smallest absolute Gasteiger partial charge is 0.191 e. The Hall–Kier alpha value is -2.08. The SMILES string of the molecule is CCNC(=NCc1cccc(COCCOCC)c1)NCc1ccccc1Cl. The molecule has 0 unspecified atom stereocenters. The molecule has 0 heterocycles. The molecule has 0 aromatic heterocycles. The van der Waals surface area contributed by atoms with E-state index in [1.807, 2.05) is 44.2 Å². The van der Waals surface area contributed by atoms with Crippen LogP contribution < -0.4 is 10.6 Å². The van der Waals surface area contributed by atoms with Crippen molar-refractivity contribution in [2.24, 2.45) is 4.99 Å². The van der Waals surface area contributed by atoms with E-state index in [2.05, 4.69) is 33.8 Å². The fraction of sp³-hybridized carbons (Fsp3) is 0.409. The predicted octanol–water partition coefficient (Wildman–Crippen LogP) is 4.15. The van der Waals surface area contributed by atoms with Crippen LogP contribution >= 0.6 is 11.6 Å². The van der Waals surface area contributed by atoms with Gasteiger partial charge in [-0.25, -0.2) is 4.99 Å². The maximum absolute atomic E-state index is 6.22. The summed E-state index contributed by atoms with van der Waals surface area (Å²) in [7, 11) is 0. The summed E-state index contributed by atoms with van der Waals surface area (Å²) in [4.78, 5) is 4.68. The number of ether oxygens (including phenoxy) is 2. The molecule has 0 aliphatic rings. The van der Waals surface area contributed by atoms with E-state index in [1.165, 1.54) is 0 Å². The van der Waals surface area contributed by atoms with Crippen LogP contribution in [0.3, 0.4) is 0 Å². The summed E-state index contributed by atoms with van der Waals surface area (Å²) in [5.74, 6) is 0.765. The van der Waals surface area contributed by atoms with Crippen LogP contribution in [-0.4, -0.2) is 32.3 Å². The molecular weight excluding hydrogens is 374 g/mol. The highest BCUT2D eigenvalue weighted by Crippen LogP contribution is 2.14. The lowest BCUT2D eigenvalue weighted by atomic mass is 10.1. The largest absolute Gasteiger partial charge is 0.379 e. The molecule has 0 radical (unpaired) electrons. The summed E-state index contributed by atoms with van der Waals surface area (Å²) in [5.41, 5.74) is 3.32. The second kappa shape index (κ2) is 13.2. The molecule has 0 atom stereocenters. The summed E-state index contributed by atoms with van der Waals surface area (Å²) >= 11 is 6.22. The third-order valence-electron chi connectivity index (χ3n) is 4.00. The van der Waals surface area contributed by atoms with E-state index < -0.39 is 0 Å². The van der Waals surface area contributed by atoms with Gasteiger partial charge in [0.1, 0.15) is 0 Å². The van der Waals surface area contributed by atoms with Gasteiger partial charge in [0.2, 0.25) is 0 Å². The van der Waals surface area contributed by atoms with Gasteiger partial charge in [0.15, 0.2) is 5.96 Å². The monoisotopic (exact) mass is 403 g/mol. The first kappa shape index (κ1) is 22.2. The summed E-state index contributed by atoms with van der Waals surface area (Å²) in [6.07, 6.45) is 0. The molecule has 2 aromatic rings. The van der Waals surface area contributed by atoms with Gasteiger partial charge in [-0.1, -0.05) is 54.1 Å². The third kappa shape index (κ3) is 8.30. The molecule has 2 N–H and O–H groups in total. The van der Waals surface area contributed by atoms with Gasteiger partial charge in [-0.05, 0) is 36.6 Å². The molecule has 0 aliphatic carbocycles. The van der Waals surface area contributed by atoms with Crippen LogP contribution in [0.1, 0.15) is 30.5 Å². The highest BCUT2D eigenvalue weighted by atomic mass is 35.5. The van der Waals surface area contributed by atoms with Crippen molar-refractivity contribution in [2.45, 2.75) is 33.5 Å². The fourth-order valence-electron chi connectivity index (χ4n) is 2.60. The number of benzene rings is 2. The van der Waals surface area contributed by atoms with E-state index in [0.717, 1.165) is 40.8 Å². The Balaban J connectivity index is 1.89. The van der Waals surface area contributed by atoms with Crippen LogP contribution in [0, 0.1) is 0 Å². The van der Waals surface area contributed by atoms with Crippen LogP contribution in [0.25, 0.3) is 0 Å². The Morgan fingerprint density at radius 1 is 0.964 bits per heavy atom. The molecule has 6 heteroatoms. The molecule has 28 heavy (non-hydrogen) atoms. The van der Waals surface area contributed by atoms with Crippen molar-refractivity contribution in [3.8, 4) is 0 Å². The average molecular weight is 404 g/mol. The number of nitrogens with one attached hydrogen (secondary N) is 2. The molecule has 2 rings (SSSR count). The Morgan fingerprint density at radius 3 is 2.54 bits per heavy atom. The lowest BCUT2D eigenvalue weighted by Crippen LogP contribution is -2.36. The number of aliphatic imine (C=N–C) groups is 1. The van der Waals surface area contributed by atoms with E-state index in [9.17, 15) is 0 Å². The van der Waals surface area contributed by atoms with Gasteiger partial charge in [0.05, 0.1) is 26.4 Å². The first-order valence-electron chi connectivity index (χ1n) is 9.71.